The summed E-state index contributed by atoms with van der Waals surface area (Å²) in [6, 6.07) is 19.8. The number of aromatic nitrogens is 2. The summed E-state index contributed by atoms with van der Waals surface area (Å²) in [4.78, 5) is 2.15. The molecule has 1 N–H and O–H groups in total. The fourth-order valence-electron chi connectivity index (χ4n) is 3.58. The van der Waals surface area contributed by atoms with Crippen LogP contribution in [0.1, 0.15) is 19.4 Å². The molecule has 178 valence electrons. The molecule has 0 saturated heterocycles. The zero-order chi connectivity index (χ0) is 23.6. The smallest absolute Gasteiger partial charge is 0.222 e. The fourth-order valence-corrected chi connectivity index (χ4v) is 3.58. The lowest BCUT2D eigenvalue weighted by Crippen LogP contribution is -2.37. The quantitative estimate of drug-likeness (QED) is 0.420. The summed E-state index contributed by atoms with van der Waals surface area (Å²) in [6.07, 6.45) is -0.541. The Kier molecular flexibility index (Phi) is 9.45. The minimum Gasteiger partial charge on any atom is -0.439 e. The summed E-state index contributed by atoms with van der Waals surface area (Å²) < 4.78 is 19.0. The van der Waals surface area contributed by atoms with E-state index in [0.29, 0.717) is 32.1 Å². The second-order valence-corrected chi connectivity index (χ2v) is 8.30. The molecule has 0 spiro atoms. The number of ether oxygens (including phenoxy) is 3. The lowest BCUT2D eigenvalue weighted by molar-refractivity contribution is -0.0121. The summed E-state index contributed by atoms with van der Waals surface area (Å²) in [5, 5.41) is 15.4. The topological polar surface area (TPSA) is 69.0 Å². The van der Waals surface area contributed by atoms with Crippen molar-refractivity contribution in [2.45, 2.75) is 32.6 Å². The molecule has 0 aliphatic carbocycles. The molecular weight excluding hydrogens is 418 g/mol. The van der Waals surface area contributed by atoms with Crippen LogP contribution in [0, 0.1) is 0 Å². The van der Waals surface area contributed by atoms with E-state index in [1.165, 1.54) is 0 Å². The van der Waals surface area contributed by atoms with Gasteiger partial charge in [-0.3, -0.25) is 4.90 Å². The van der Waals surface area contributed by atoms with Gasteiger partial charge in [0.25, 0.3) is 0 Å². The Balaban J connectivity index is 1.92. The Hall–Kier alpha value is -2.71. The highest BCUT2D eigenvalue weighted by molar-refractivity contribution is 5.65. The number of aryl methyl sites for hydroxylation is 1. The molecule has 3 aromatic rings. The fraction of sp³-hybridized carbons (Fsp3) is 0.423. The van der Waals surface area contributed by atoms with Gasteiger partial charge in [-0.2, -0.15) is 5.10 Å². The average Bonchev–Trinajstić information content (AvgIpc) is 3.12. The van der Waals surface area contributed by atoms with Crippen molar-refractivity contribution >= 4 is 0 Å². The first kappa shape index (κ1) is 24.9. The van der Waals surface area contributed by atoms with Gasteiger partial charge >= 0.3 is 0 Å². The Morgan fingerprint density at radius 2 is 1.70 bits per heavy atom. The zero-order valence-electron chi connectivity index (χ0n) is 20.0. The average molecular weight is 454 g/mol. The van der Waals surface area contributed by atoms with Crippen LogP contribution >= 0.6 is 0 Å². The van der Waals surface area contributed by atoms with Gasteiger partial charge in [-0.1, -0.05) is 48.5 Å². The van der Waals surface area contributed by atoms with Crippen LogP contribution < -0.4 is 4.74 Å². The molecule has 0 saturated carbocycles. The van der Waals surface area contributed by atoms with E-state index < -0.39 is 6.10 Å². The highest BCUT2D eigenvalue weighted by Gasteiger charge is 2.23. The number of benzene rings is 2. The maximum absolute atomic E-state index is 10.6. The monoisotopic (exact) mass is 453 g/mol. The molecule has 0 fully saturated rings. The van der Waals surface area contributed by atoms with Gasteiger partial charge in [0.1, 0.15) is 11.4 Å². The number of methoxy groups -OCH3 is 1. The summed E-state index contributed by atoms with van der Waals surface area (Å²) >= 11 is 0. The van der Waals surface area contributed by atoms with Crippen LogP contribution in [0.2, 0.25) is 0 Å². The standard InChI is InChI=1S/C26H35N3O4/c1-20(2)32-19-22(30)17-29(15-16-31-4)18-24-25(21-11-7-5-8-12-21)27-28(3)26(24)33-23-13-9-6-10-14-23/h5-14,20,22,30H,15-19H2,1-4H3/t22-/m1/s1. The van der Waals surface area contributed by atoms with Crippen LogP contribution in [0.25, 0.3) is 11.3 Å². The highest BCUT2D eigenvalue weighted by atomic mass is 16.5. The van der Waals surface area contributed by atoms with Gasteiger partial charge in [-0.25, -0.2) is 4.68 Å². The molecule has 0 aliphatic heterocycles. The molecule has 0 amide bonds. The Labute approximate surface area is 196 Å². The molecule has 1 heterocycles. The number of nitrogens with zero attached hydrogens (tertiary/aromatic N) is 3. The molecule has 1 atom stereocenters. The Morgan fingerprint density at radius 3 is 2.33 bits per heavy atom. The van der Waals surface area contributed by atoms with Crippen molar-refractivity contribution in [1.82, 2.24) is 14.7 Å². The number of para-hydroxylation sites is 1. The van der Waals surface area contributed by atoms with Gasteiger partial charge in [-0.15, -0.1) is 0 Å². The summed E-state index contributed by atoms with van der Waals surface area (Å²) in [5.74, 6) is 1.42. The number of hydrogen-bond donors (Lipinski definition) is 1. The molecule has 7 heteroatoms. The highest BCUT2D eigenvalue weighted by Crippen LogP contribution is 2.34. The SMILES string of the molecule is COCCN(Cc1c(-c2ccccc2)nn(C)c1Oc1ccccc1)C[C@@H](O)COC(C)C. The maximum Gasteiger partial charge on any atom is 0.222 e. The molecule has 7 nitrogen and oxygen atoms in total. The van der Waals surface area contributed by atoms with Crippen LogP contribution in [-0.4, -0.2) is 65.4 Å². The lowest BCUT2D eigenvalue weighted by Gasteiger charge is -2.25. The van der Waals surface area contributed by atoms with E-state index >= 15 is 0 Å². The van der Waals surface area contributed by atoms with Crippen molar-refractivity contribution in [1.29, 1.82) is 0 Å². The normalized spacial score (nSPS) is 12.5. The summed E-state index contributed by atoms with van der Waals surface area (Å²) in [6.45, 7) is 6.41. The summed E-state index contributed by atoms with van der Waals surface area (Å²) in [7, 11) is 3.57. The first-order valence-electron chi connectivity index (χ1n) is 11.3. The van der Waals surface area contributed by atoms with Crippen molar-refractivity contribution in [2.24, 2.45) is 7.05 Å². The largest absolute Gasteiger partial charge is 0.439 e. The van der Waals surface area contributed by atoms with E-state index in [4.69, 9.17) is 19.3 Å². The van der Waals surface area contributed by atoms with Gasteiger partial charge in [0.05, 0.1) is 31.0 Å². The lowest BCUT2D eigenvalue weighted by atomic mass is 10.1. The number of aliphatic hydroxyl groups is 1. The van der Waals surface area contributed by atoms with Crippen molar-refractivity contribution < 1.29 is 19.3 Å². The van der Waals surface area contributed by atoms with Crippen molar-refractivity contribution in [2.75, 3.05) is 33.4 Å². The van der Waals surface area contributed by atoms with Crippen LogP contribution in [0.15, 0.2) is 60.7 Å². The first-order valence-corrected chi connectivity index (χ1v) is 11.3. The third-order valence-electron chi connectivity index (χ3n) is 5.18. The van der Waals surface area contributed by atoms with Gasteiger partial charge in [0.2, 0.25) is 5.88 Å². The zero-order valence-corrected chi connectivity index (χ0v) is 20.0. The van der Waals surface area contributed by atoms with Gasteiger partial charge in [0.15, 0.2) is 0 Å². The van der Waals surface area contributed by atoms with E-state index in [0.717, 1.165) is 22.6 Å². The molecule has 33 heavy (non-hydrogen) atoms. The van der Waals surface area contributed by atoms with E-state index in [1.54, 1.807) is 11.8 Å². The second-order valence-electron chi connectivity index (χ2n) is 8.30. The first-order chi connectivity index (χ1) is 16.0. The van der Waals surface area contributed by atoms with Gasteiger partial charge in [0, 0.05) is 39.4 Å². The molecule has 2 aromatic carbocycles. The van der Waals surface area contributed by atoms with Crippen LogP contribution in [0.3, 0.4) is 0 Å². The van der Waals surface area contributed by atoms with Crippen molar-refractivity contribution in [3.8, 4) is 22.9 Å². The van der Waals surface area contributed by atoms with Crippen LogP contribution in [-0.2, 0) is 23.1 Å². The third kappa shape index (κ3) is 7.40. The molecule has 1 aromatic heterocycles. The predicted octanol–water partition coefficient (Wildman–Crippen LogP) is 4.11. The second kappa shape index (κ2) is 12.5. The number of hydrogen-bond acceptors (Lipinski definition) is 6. The molecular formula is C26H35N3O4. The van der Waals surface area contributed by atoms with E-state index in [1.807, 2.05) is 81.6 Å². The molecule has 0 aliphatic rings. The summed E-state index contributed by atoms with van der Waals surface area (Å²) in [5.41, 5.74) is 2.83. The minimum absolute atomic E-state index is 0.0703. The van der Waals surface area contributed by atoms with Crippen molar-refractivity contribution in [3.63, 3.8) is 0 Å². The van der Waals surface area contributed by atoms with E-state index in [9.17, 15) is 5.11 Å². The molecule has 3 rings (SSSR count). The van der Waals surface area contributed by atoms with Crippen LogP contribution in [0.4, 0.5) is 0 Å². The maximum atomic E-state index is 10.6. The van der Waals surface area contributed by atoms with Crippen molar-refractivity contribution in [3.05, 3.63) is 66.2 Å². The molecule has 0 radical (unpaired) electrons. The number of aliphatic hydroxyl groups excluding tert-OH is 1. The Bertz CT molecular complexity index is 960. The molecule has 0 bridgehead atoms. The third-order valence-corrected chi connectivity index (χ3v) is 5.18. The number of rotatable bonds is 13. The minimum atomic E-state index is -0.611. The van der Waals surface area contributed by atoms with Gasteiger partial charge < -0.3 is 19.3 Å². The van der Waals surface area contributed by atoms with E-state index in [-0.39, 0.29) is 12.7 Å². The van der Waals surface area contributed by atoms with Crippen LogP contribution in [0.5, 0.6) is 11.6 Å². The van der Waals surface area contributed by atoms with Gasteiger partial charge in [-0.05, 0) is 26.0 Å². The Morgan fingerprint density at radius 1 is 1.03 bits per heavy atom. The predicted molar refractivity (Wildman–Crippen MR) is 129 cm³/mol. The molecule has 0 unspecified atom stereocenters. The van der Waals surface area contributed by atoms with E-state index in [2.05, 4.69) is 4.90 Å².